The molecule has 0 radical (unpaired) electrons. The van der Waals surface area contributed by atoms with Crippen molar-refractivity contribution < 1.29 is 0 Å². The molecule has 1 saturated heterocycles. The molecule has 0 aromatic rings. The van der Waals surface area contributed by atoms with Crippen LogP contribution in [0.2, 0.25) is 0 Å². The molecule has 1 atom stereocenters. The highest BCUT2D eigenvalue weighted by molar-refractivity contribution is 5.05. The van der Waals surface area contributed by atoms with E-state index in [0.29, 0.717) is 0 Å². The van der Waals surface area contributed by atoms with Gasteiger partial charge in [-0.3, -0.25) is 0 Å². The second-order valence-electron chi connectivity index (χ2n) is 3.42. The minimum absolute atomic E-state index is 0.267. The summed E-state index contributed by atoms with van der Waals surface area (Å²) in [5.74, 6) is 0.789. The molecular formula is C7H14N2. The van der Waals surface area contributed by atoms with Crippen molar-refractivity contribution in [3.05, 3.63) is 0 Å². The van der Waals surface area contributed by atoms with Crippen molar-refractivity contribution in [1.82, 2.24) is 5.32 Å². The topological polar surface area (TPSA) is 38.0 Å². The molecule has 3 N–H and O–H groups in total. The molecule has 9 heavy (non-hydrogen) atoms. The van der Waals surface area contributed by atoms with Crippen molar-refractivity contribution in [2.24, 2.45) is 11.7 Å². The van der Waals surface area contributed by atoms with Crippen LogP contribution in [0.4, 0.5) is 0 Å². The fourth-order valence-electron chi connectivity index (χ4n) is 1.70. The molecule has 2 aliphatic rings. The van der Waals surface area contributed by atoms with Crippen LogP contribution in [0.15, 0.2) is 0 Å². The second-order valence-corrected chi connectivity index (χ2v) is 3.42. The molecule has 52 valence electrons. The second kappa shape index (κ2) is 1.70. The van der Waals surface area contributed by atoms with Crippen LogP contribution in [-0.2, 0) is 0 Å². The van der Waals surface area contributed by atoms with Crippen molar-refractivity contribution >= 4 is 0 Å². The average molecular weight is 126 g/mol. The van der Waals surface area contributed by atoms with Gasteiger partial charge in [0.05, 0.1) is 0 Å². The Bertz CT molecular complexity index is 112. The van der Waals surface area contributed by atoms with E-state index in [4.69, 9.17) is 5.73 Å². The third kappa shape index (κ3) is 0.864. The lowest BCUT2D eigenvalue weighted by Crippen LogP contribution is -2.33. The van der Waals surface area contributed by atoms with Crippen LogP contribution in [0.25, 0.3) is 0 Å². The van der Waals surface area contributed by atoms with E-state index in [1.54, 1.807) is 0 Å². The van der Waals surface area contributed by atoms with Crippen molar-refractivity contribution in [3.63, 3.8) is 0 Å². The average Bonchev–Trinajstić information content (AvgIpc) is 2.46. The first kappa shape index (κ1) is 5.69. The maximum atomic E-state index is 6.01. The molecule has 2 rings (SSSR count). The molecule has 1 saturated carbocycles. The highest BCUT2D eigenvalue weighted by Gasteiger charge is 2.46. The Kier molecular flexibility index (Phi) is 1.08. The van der Waals surface area contributed by atoms with Gasteiger partial charge in [-0.15, -0.1) is 0 Å². The van der Waals surface area contributed by atoms with E-state index in [1.165, 1.54) is 25.8 Å². The summed E-state index contributed by atoms with van der Waals surface area (Å²) in [6.45, 7) is 2.35. The first-order chi connectivity index (χ1) is 4.31. The van der Waals surface area contributed by atoms with E-state index in [9.17, 15) is 0 Å². The lowest BCUT2D eigenvalue weighted by molar-refractivity contribution is 0.439. The molecular weight excluding hydrogens is 112 g/mol. The monoisotopic (exact) mass is 126 g/mol. The van der Waals surface area contributed by atoms with Gasteiger partial charge in [0.25, 0.3) is 0 Å². The van der Waals surface area contributed by atoms with Crippen LogP contribution in [0, 0.1) is 5.92 Å². The minimum Gasteiger partial charge on any atom is -0.325 e. The van der Waals surface area contributed by atoms with Crippen molar-refractivity contribution in [1.29, 1.82) is 0 Å². The number of nitrogens with two attached hydrogens (primary N) is 1. The molecule has 0 amide bonds. The summed E-state index contributed by atoms with van der Waals surface area (Å²) < 4.78 is 0. The number of nitrogens with one attached hydrogen (secondary N) is 1. The number of rotatable bonds is 1. The molecule has 2 heteroatoms. The van der Waals surface area contributed by atoms with Crippen molar-refractivity contribution in [3.8, 4) is 0 Å². The predicted octanol–water partition coefficient (Wildman–Crippen LogP) is 0.0872. The largest absolute Gasteiger partial charge is 0.325 e. The first-order valence-corrected chi connectivity index (χ1v) is 3.81. The van der Waals surface area contributed by atoms with Gasteiger partial charge in [0.1, 0.15) is 0 Å². The van der Waals surface area contributed by atoms with Gasteiger partial charge in [0, 0.05) is 5.54 Å². The van der Waals surface area contributed by atoms with Crippen LogP contribution in [0.3, 0.4) is 0 Å². The van der Waals surface area contributed by atoms with Crippen molar-refractivity contribution in [2.45, 2.75) is 24.8 Å². The summed E-state index contributed by atoms with van der Waals surface area (Å²) in [7, 11) is 0. The van der Waals surface area contributed by atoms with E-state index in [-0.39, 0.29) is 5.54 Å². The molecule has 0 unspecified atom stereocenters. The summed E-state index contributed by atoms with van der Waals surface area (Å²) in [5, 5.41) is 3.34. The zero-order valence-corrected chi connectivity index (χ0v) is 5.69. The standard InChI is InChI=1S/C7H14N2/c8-7(2-3-7)6-1-4-9-5-6/h6,9H,1-5,8H2/t6-/m0/s1. The SMILES string of the molecule is NC1([C@H]2CCNC2)CC1. The normalized spacial score (nSPS) is 39.0. The Labute approximate surface area is 55.8 Å². The van der Waals surface area contributed by atoms with Gasteiger partial charge >= 0.3 is 0 Å². The van der Waals surface area contributed by atoms with Gasteiger partial charge in [-0.1, -0.05) is 0 Å². The highest BCUT2D eigenvalue weighted by atomic mass is 15.0. The predicted molar refractivity (Wildman–Crippen MR) is 37.1 cm³/mol. The number of hydrogen-bond acceptors (Lipinski definition) is 2. The van der Waals surface area contributed by atoms with Gasteiger partial charge in [-0.2, -0.15) is 0 Å². The maximum absolute atomic E-state index is 6.01. The summed E-state index contributed by atoms with van der Waals surface area (Å²) in [4.78, 5) is 0. The highest BCUT2D eigenvalue weighted by Crippen LogP contribution is 2.41. The Morgan fingerprint density at radius 2 is 2.22 bits per heavy atom. The third-order valence-electron chi connectivity index (χ3n) is 2.70. The third-order valence-corrected chi connectivity index (χ3v) is 2.70. The van der Waals surface area contributed by atoms with Crippen LogP contribution in [0.5, 0.6) is 0 Å². The van der Waals surface area contributed by atoms with Crippen LogP contribution in [-0.4, -0.2) is 18.6 Å². The fraction of sp³-hybridized carbons (Fsp3) is 1.00. The molecule has 0 bridgehead atoms. The Morgan fingerprint density at radius 3 is 2.67 bits per heavy atom. The van der Waals surface area contributed by atoms with Gasteiger partial charge < -0.3 is 11.1 Å². The maximum Gasteiger partial charge on any atom is 0.0196 e. The molecule has 1 heterocycles. The zero-order valence-electron chi connectivity index (χ0n) is 5.69. The lowest BCUT2D eigenvalue weighted by atomic mass is 9.98. The molecule has 2 fully saturated rings. The molecule has 0 aromatic carbocycles. The van der Waals surface area contributed by atoms with E-state index in [2.05, 4.69) is 5.32 Å². The molecule has 0 aromatic heterocycles. The van der Waals surface area contributed by atoms with Crippen LogP contribution in [0.1, 0.15) is 19.3 Å². The van der Waals surface area contributed by atoms with Gasteiger partial charge in [-0.05, 0) is 38.3 Å². The Morgan fingerprint density at radius 1 is 1.44 bits per heavy atom. The molecule has 2 nitrogen and oxygen atoms in total. The molecule has 1 aliphatic heterocycles. The van der Waals surface area contributed by atoms with Crippen LogP contribution < -0.4 is 11.1 Å². The zero-order chi connectivity index (χ0) is 6.32. The van der Waals surface area contributed by atoms with E-state index < -0.39 is 0 Å². The van der Waals surface area contributed by atoms with Gasteiger partial charge in [0.15, 0.2) is 0 Å². The summed E-state index contributed by atoms with van der Waals surface area (Å²) in [6, 6.07) is 0. The fourth-order valence-corrected chi connectivity index (χ4v) is 1.70. The lowest BCUT2D eigenvalue weighted by Gasteiger charge is -2.15. The van der Waals surface area contributed by atoms with Gasteiger partial charge in [-0.25, -0.2) is 0 Å². The van der Waals surface area contributed by atoms with Gasteiger partial charge in [0.2, 0.25) is 0 Å². The Balaban J connectivity index is 1.97. The Hall–Kier alpha value is -0.0800. The summed E-state index contributed by atoms with van der Waals surface area (Å²) in [5.41, 5.74) is 6.28. The minimum atomic E-state index is 0.267. The first-order valence-electron chi connectivity index (χ1n) is 3.81. The molecule has 0 spiro atoms. The van der Waals surface area contributed by atoms with E-state index in [1.807, 2.05) is 0 Å². The summed E-state index contributed by atoms with van der Waals surface area (Å²) in [6.07, 6.45) is 3.83. The van der Waals surface area contributed by atoms with Crippen molar-refractivity contribution in [2.75, 3.05) is 13.1 Å². The summed E-state index contributed by atoms with van der Waals surface area (Å²) >= 11 is 0. The smallest absolute Gasteiger partial charge is 0.0196 e. The van der Waals surface area contributed by atoms with Crippen LogP contribution >= 0.6 is 0 Å². The number of hydrogen-bond donors (Lipinski definition) is 2. The molecule has 1 aliphatic carbocycles. The van der Waals surface area contributed by atoms with E-state index in [0.717, 1.165) is 12.5 Å². The quantitative estimate of drug-likeness (QED) is 0.522. The van der Waals surface area contributed by atoms with E-state index >= 15 is 0 Å².